The number of carbonyl (C=O) groups is 1. The van der Waals surface area contributed by atoms with Crippen molar-refractivity contribution >= 4 is 45.0 Å². The Balaban J connectivity index is 1.54. The third kappa shape index (κ3) is 3.96. The quantitative estimate of drug-likeness (QED) is 0.391. The smallest absolute Gasteiger partial charge is 0.276 e. The molecular weight excluding hydrogens is 438 g/mol. The second kappa shape index (κ2) is 8.55. The minimum Gasteiger partial charge on any atom is -0.493 e. The molecule has 0 aliphatic heterocycles. The summed E-state index contributed by atoms with van der Waals surface area (Å²) >= 11 is 4.51. The zero-order valence-corrected chi connectivity index (χ0v) is 19.3. The van der Waals surface area contributed by atoms with Crippen molar-refractivity contribution in [2.24, 2.45) is 0 Å². The summed E-state index contributed by atoms with van der Waals surface area (Å²) in [5, 5.41) is 7.76. The highest BCUT2D eigenvalue weighted by Gasteiger charge is 2.18. The van der Waals surface area contributed by atoms with Crippen LogP contribution in [0.2, 0.25) is 0 Å². The topological polar surface area (TPSA) is 73.3 Å². The number of hydrogen-bond donors (Lipinski definition) is 1. The monoisotopic (exact) mass is 457 g/mol. The number of hydrogen-bond acceptors (Lipinski definition) is 8. The van der Waals surface area contributed by atoms with Gasteiger partial charge in [0.2, 0.25) is 0 Å². The third-order valence-corrected chi connectivity index (χ3v) is 7.01. The van der Waals surface area contributed by atoms with E-state index in [-0.39, 0.29) is 5.91 Å². The molecule has 0 aliphatic rings. The predicted molar refractivity (Wildman–Crippen MR) is 124 cm³/mol. The van der Waals surface area contributed by atoms with Crippen molar-refractivity contribution in [3.05, 3.63) is 50.5 Å². The van der Waals surface area contributed by atoms with Gasteiger partial charge in [0, 0.05) is 26.1 Å². The third-order valence-electron chi connectivity index (χ3n) is 4.41. The highest BCUT2D eigenvalue weighted by molar-refractivity contribution is 7.14. The Kier molecular flexibility index (Phi) is 5.85. The first-order valence-electron chi connectivity index (χ1n) is 9.01. The normalized spacial score (nSPS) is 10.8. The summed E-state index contributed by atoms with van der Waals surface area (Å²) in [4.78, 5) is 24.2. The lowest BCUT2D eigenvalue weighted by molar-refractivity contribution is 0.102. The lowest BCUT2D eigenvalue weighted by Gasteiger charge is -2.10. The molecule has 0 aliphatic carbocycles. The lowest BCUT2D eigenvalue weighted by Crippen LogP contribution is -2.12. The first-order chi connectivity index (χ1) is 14.5. The lowest BCUT2D eigenvalue weighted by atomic mass is 10.2. The van der Waals surface area contributed by atoms with E-state index in [9.17, 15) is 4.79 Å². The molecule has 0 spiro atoms. The summed E-state index contributed by atoms with van der Waals surface area (Å²) in [6, 6.07) is 7.69. The van der Waals surface area contributed by atoms with Crippen LogP contribution in [0.15, 0.2) is 35.0 Å². The van der Waals surface area contributed by atoms with Gasteiger partial charge >= 0.3 is 0 Å². The average Bonchev–Trinajstić information content (AvgIpc) is 3.47. The molecule has 0 unspecified atom stereocenters. The minimum atomic E-state index is -0.293. The number of ether oxygens (including phenoxy) is 2. The van der Waals surface area contributed by atoms with Crippen molar-refractivity contribution in [2.75, 3.05) is 19.5 Å². The summed E-state index contributed by atoms with van der Waals surface area (Å²) in [6.07, 6.45) is 0. The van der Waals surface area contributed by atoms with E-state index in [0.29, 0.717) is 27.3 Å². The number of carbonyl (C=O) groups excluding carboxylic acids is 1. The van der Waals surface area contributed by atoms with E-state index < -0.39 is 0 Å². The number of methoxy groups -OCH3 is 2. The van der Waals surface area contributed by atoms with Gasteiger partial charge in [-0.15, -0.1) is 34.0 Å². The molecule has 4 aromatic rings. The molecule has 0 atom stereocenters. The van der Waals surface area contributed by atoms with Crippen molar-refractivity contribution in [1.29, 1.82) is 0 Å². The molecule has 0 saturated heterocycles. The van der Waals surface area contributed by atoms with Crippen LogP contribution in [0.5, 0.6) is 11.5 Å². The van der Waals surface area contributed by atoms with Gasteiger partial charge in [-0.1, -0.05) is 6.07 Å². The highest BCUT2D eigenvalue weighted by atomic mass is 32.1. The number of thiophene rings is 1. The van der Waals surface area contributed by atoms with Crippen LogP contribution in [0, 0.1) is 13.8 Å². The first-order valence-corrected chi connectivity index (χ1v) is 11.6. The minimum absolute atomic E-state index is 0.293. The number of rotatable bonds is 6. The van der Waals surface area contributed by atoms with Gasteiger partial charge in [-0.25, -0.2) is 9.97 Å². The maximum absolute atomic E-state index is 12.7. The van der Waals surface area contributed by atoms with Crippen LogP contribution in [-0.2, 0) is 0 Å². The zero-order valence-electron chi connectivity index (χ0n) is 16.8. The molecule has 6 nitrogen and oxygen atoms in total. The van der Waals surface area contributed by atoms with Gasteiger partial charge < -0.3 is 9.47 Å². The van der Waals surface area contributed by atoms with Crippen LogP contribution in [0.25, 0.3) is 21.8 Å². The van der Waals surface area contributed by atoms with Gasteiger partial charge in [0.05, 0.1) is 25.5 Å². The zero-order chi connectivity index (χ0) is 21.3. The molecule has 0 bridgehead atoms. The Morgan fingerprint density at radius 3 is 2.57 bits per heavy atom. The summed E-state index contributed by atoms with van der Waals surface area (Å²) < 4.78 is 10.8. The highest BCUT2D eigenvalue weighted by Crippen LogP contribution is 2.39. The van der Waals surface area contributed by atoms with Gasteiger partial charge in [-0.3, -0.25) is 10.1 Å². The molecule has 0 fully saturated rings. The van der Waals surface area contributed by atoms with Crippen molar-refractivity contribution in [3.8, 4) is 33.3 Å². The number of nitrogens with one attached hydrogen (secondary N) is 1. The van der Waals surface area contributed by atoms with Crippen molar-refractivity contribution in [1.82, 2.24) is 9.97 Å². The molecule has 3 heterocycles. The van der Waals surface area contributed by atoms with Gasteiger partial charge in [0.15, 0.2) is 16.6 Å². The Labute approximate surface area is 186 Å². The summed E-state index contributed by atoms with van der Waals surface area (Å²) in [7, 11) is 3.17. The molecular formula is C21H19N3O3S3. The summed E-state index contributed by atoms with van der Waals surface area (Å²) in [6.45, 7) is 4.15. The molecule has 0 saturated carbocycles. The second-order valence-corrected chi connectivity index (χ2v) is 9.57. The van der Waals surface area contributed by atoms with E-state index in [4.69, 9.17) is 9.47 Å². The predicted octanol–water partition coefficient (Wildman–Crippen LogP) is 5.88. The Morgan fingerprint density at radius 1 is 1.03 bits per heavy atom. The Morgan fingerprint density at radius 2 is 1.87 bits per heavy atom. The van der Waals surface area contributed by atoms with Crippen LogP contribution in [-0.4, -0.2) is 30.1 Å². The number of aryl methyl sites for hydroxylation is 2. The molecule has 1 N–H and O–H groups in total. The average molecular weight is 458 g/mol. The van der Waals surface area contributed by atoms with E-state index in [2.05, 4.69) is 35.2 Å². The van der Waals surface area contributed by atoms with Crippen LogP contribution >= 0.6 is 34.0 Å². The second-order valence-electron chi connectivity index (χ2n) is 6.40. The van der Waals surface area contributed by atoms with E-state index in [0.717, 1.165) is 16.8 Å². The molecule has 1 aromatic carbocycles. The Hall–Kier alpha value is -2.75. The van der Waals surface area contributed by atoms with E-state index >= 15 is 0 Å². The summed E-state index contributed by atoms with van der Waals surface area (Å²) in [5.41, 5.74) is 3.09. The molecule has 1 amide bonds. The fraction of sp³-hybridized carbons (Fsp3) is 0.190. The molecule has 4 rings (SSSR count). The van der Waals surface area contributed by atoms with Crippen LogP contribution in [0.3, 0.4) is 0 Å². The number of amides is 1. The fourth-order valence-electron chi connectivity index (χ4n) is 3.06. The SMILES string of the molecule is COc1cccc(-c2nc(C(=O)Nc3nc(-c4cc(C)sc4C)cs3)cs2)c1OC. The number of benzene rings is 1. The number of aromatic nitrogens is 2. The first kappa shape index (κ1) is 20.5. The van der Waals surface area contributed by atoms with Crippen molar-refractivity contribution in [2.45, 2.75) is 13.8 Å². The Bertz CT molecular complexity index is 1210. The summed E-state index contributed by atoms with van der Waals surface area (Å²) in [5.74, 6) is 0.913. The van der Waals surface area contributed by atoms with Crippen LogP contribution in [0.4, 0.5) is 5.13 Å². The van der Waals surface area contributed by atoms with Crippen molar-refractivity contribution < 1.29 is 14.3 Å². The van der Waals surface area contributed by atoms with Crippen LogP contribution < -0.4 is 14.8 Å². The standard InChI is InChI=1S/C21H19N3O3S3/c1-11-8-14(12(2)30-11)15-9-29-21(23-15)24-19(25)16-10-28-20(22-16)13-6-5-7-17(26-3)18(13)27-4/h5-10H,1-4H3,(H,23,24,25). The maximum Gasteiger partial charge on any atom is 0.276 e. The van der Waals surface area contributed by atoms with Gasteiger partial charge in [-0.2, -0.15) is 0 Å². The fourth-order valence-corrected chi connectivity index (χ4v) is 5.52. The van der Waals surface area contributed by atoms with Gasteiger partial charge in [-0.05, 0) is 32.0 Å². The number of anilines is 1. The molecule has 3 aromatic heterocycles. The molecule has 0 radical (unpaired) electrons. The largest absolute Gasteiger partial charge is 0.493 e. The van der Waals surface area contributed by atoms with Gasteiger partial charge in [0.25, 0.3) is 5.91 Å². The molecule has 154 valence electrons. The molecule has 9 heteroatoms. The van der Waals surface area contributed by atoms with E-state index in [1.165, 1.54) is 32.4 Å². The van der Waals surface area contributed by atoms with E-state index in [1.807, 2.05) is 23.6 Å². The maximum atomic E-state index is 12.7. The number of para-hydroxylation sites is 1. The number of thiazole rings is 2. The molecule has 30 heavy (non-hydrogen) atoms. The van der Waals surface area contributed by atoms with Crippen LogP contribution in [0.1, 0.15) is 20.2 Å². The van der Waals surface area contributed by atoms with E-state index in [1.54, 1.807) is 30.9 Å². The van der Waals surface area contributed by atoms with Crippen molar-refractivity contribution in [3.63, 3.8) is 0 Å². The number of nitrogens with zero attached hydrogens (tertiary/aromatic N) is 2. The van der Waals surface area contributed by atoms with Gasteiger partial charge in [0.1, 0.15) is 10.7 Å².